The van der Waals surface area contributed by atoms with Gasteiger partial charge in [-0.05, 0) is 36.4 Å². The van der Waals surface area contributed by atoms with Gasteiger partial charge < -0.3 is 0 Å². The maximum absolute atomic E-state index is 6.04. The van der Waals surface area contributed by atoms with Crippen molar-refractivity contribution in [3.05, 3.63) is 77.0 Å². The highest BCUT2D eigenvalue weighted by Crippen LogP contribution is 2.27. The minimum Gasteiger partial charge on any atom is -0.272 e. The van der Waals surface area contributed by atoms with E-state index in [4.69, 9.17) is 23.2 Å². The third-order valence-electron chi connectivity index (χ3n) is 3.57. The molecule has 3 aromatic heterocycles. The van der Waals surface area contributed by atoms with Crippen LogP contribution in [0.3, 0.4) is 0 Å². The molecule has 0 atom stereocenters. The lowest BCUT2D eigenvalue weighted by molar-refractivity contribution is 1.05. The van der Waals surface area contributed by atoms with E-state index in [0.29, 0.717) is 33.3 Å². The molecule has 0 aliphatic carbocycles. The average molecular weight is 368 g/mol. The first kappa shape index (κ1) is 15.7. The summed E-state index contributed by atoms with van der Waals surface area (Å²) in [6, 6.07) is 20.5. The number of aromatic nitrogens is 5. The van der Waals surface area contributed by atoms with E-state index in [1.54, 1.807) is 12.1 Å². The van der Waals surface area contributed by atoms with Crippen molar-refractivity contribution >= 4 is 23.2 Å². The molecule has 0 radical (unpaired) electrons. The highest BCUT2D eigenvalue weighted by molar-refractivity contribution is 6.29. The third kappa shape index (κ3) is 3.12. The molecular weight excluding hydrogens is 357 g/mol. The second kappa shape index (κ2) is 6.63. The summed E-state index contributed by atoms with van der Waals surface area (Å²) in [6.45, 7) is 0. The minimum absolute atomic E-state index is 0.391. The maximum atomic E-state index is 6.04. The second-order valence-corrected chi connectivity index (χ2v) is 5.98. The largest absolute Gasteiger partial charge is 0.272 e. The zero-order chi connectivity index (χ0) is 17.2. The second-order valence-electron chi connectivity index (χ2n) is 5.21. The van der Waals surface area contributed by atoms with Crippen LogP contribution in [0.15, 0.2) is 66.7 Å². The van der Waals surface area contributed by atoms with Gasteiger partial charge in [0.25, 0.3) is 0 Å². The molecule has 7 heteroatoms. The molecule has 25 heavy (non-hydrogen) atoms. The number of hydrogen-bond acceptors (Lipinski definition) is 4. The Morgan fingerprint density at radius 3 is 1.60 bits per heavy atom. The fourth-order valence-corrected chi connectivity index (χ4v) is 2.83. The van der Waals surface area contributed by atoms with Gasteiger partial charge in [-0.3, -0.25) is 4.57 Å². The predicted octanol–water partition coefficient (Wildman–Crippen LogP) is 4.70. The third-order valence-corrected chi connectivity index (χ3v) is 3.99. The van der Waals surface area contributed by atoms with Crippen LogP contribution in [0.25, 0.3) is 28.7 Å². The van der Waals surface area contributed by atoms with Crippen molar-refractivity contribution in [3.8, 4) is 28.7 Å². The van der Waals surface area contributed by atoms with E-state index in [9.17, 15) is 0 Å². The molecule has 3 heterocycles. The van der Waals surface area contributed by atoms with Crippen molar-refractivity contribution in [2.24, 2.45) is 0 Å². The van der Waals surface area contributed by atoms with Crippen molar-refractivity contribution < 1.29 is 0 Å². The molecule has 122 valence electrons. The smallest absolute Gasteiger partial charge is 0.187 e. The average Bonchev–Trinajstić information content (AvgIpc) is 3.07. The lowest BCUT2D eigenvalue weighted by Gasteiger charge is -2.10. The molecular formula is C18H11Cl2N5. The van der Waals surface area contributed by atoms with E-state index < -0.39 is 0 Å². The lowest BCUT2D eigenvalue weighted by Crippen LogP contribution is -2.02. The van der Waals surface area contributed by atoms with E-state index >= 15 is 0 Å². The summed E-state index contributed by atoms with van der Waals surface area (Å²) in [6.07, 6.45) is 0. The summed E-state index contributed by atoms with van der Waals surface area (Å²) in [5.74, 6) is 1.15. The lowest BCUT2D eigenvalue weighted by atomic mass is 10.2. The minimum atomic E-state index is 0.391. The van der Waals surface area contributed by atoms with Crippen LogP contribution in [-0.2, 0) is 0 Å². The van der Waals surface area contributed by atoms with Crippen LogP contribution in [0.5, 0.6) is 0 Å². The number of hydrogen-bond donors (Lipinski definition) is 0. The fourth-order valence-electron chi connectivity index (χ4n) is 2.50. The van der Waals surface area contributed by atoms with Gasteiger partial charge in [0.1, 0.15) is 21.7 Å². The van der Waals surface area contributed by atoms with Crippen molar-refractivity contribution in [3.63, 3.8) is 0 Å². The van der Waals surface area contributed by atoms with Crippen LogP contribution >= 0.6 is 23.2 Å². The number of para-hydroxylation sites is 1. The fraction of sp³-hybridized carbons (Fsp3) is 0. The van der Waals surface area contributed by atoms with Crippen molar-refractivity contribution in [2.75, 3.05) is 0 Å². The van der Waals surface area contributed by atoms with Crippen molar-refractivity contribution in [2.45, 2.75) is 0 Å². The number of benzene rings is 1. The maximum Gasteiger partial charge on any atom is 0.187 e. The highest BCUT2D eigenvalue weighted by Gasteiger charge is 2.19. The van der Waals surface area contributed by atoms with Crippen LogP contribution in [-0.4, -0.2) is 24.7 Å². The quantitative estimate of drug-likeness (QED) is 0.492. The van der Waals surface area contributed by atoms with E-state index in [1.807, 2.05) is 59.2 Å². The van der Waals surface area contributed by atoms with Gasteiger partial charge in [-0.1, -0.05) is 53.5 Å². The van der Waals surface area contributed by atoms with Gasteiger partial charge in [-0.15, -0.1) is 10.2 Å². The number of nitrogens with zero attached hydrogens (tertiary/aromatic N) is 5. The molecule has 0 spiro atoms. The molecule has 0 unspecified atom stereocenters. The van der Waals surface area contributed by atoms with Crippen LogP contribution in [0.4, 0.5) is 0 Å². The molecule has 0 bridgehead atoms. The summed E-state index contributed by atoms with van der Waals surface area (Å²) in [5, 5.41) is 9.42. The number of pyridine rings is 2. The van der Waals surface area contributed by atoms with Crippen LogP contribution in [0.1, 0.15) is 0 Å². The monoisotopic (exact) mass is 367 g/mol. The van der Waals surface area contributed by atoms with Gasteiger partial charge in [0.15, 0.2) is 11.6 Å². The van der Waals surface area contributed by atoms with Gasteiger partial charge in [0, 0.05) is 5.69 Å². The zero-order valence-corrected chi connectivity index (χ0v) is 14.4. The normalized spacial score (nSPS) is 10.8. The van der Waals surface area contributed by atoms with Crippen LogP contribution in [0, 0.1) is 0 Å². The molecule has 4 aromatic rings. The van der Waals surface area contributed by atoms with Gasteiger partial charge in [0.05, 0.1) is 0 Å². The molecule has 0 fully saturated rings. The van der Waals surface area contributed by atoms with Crippen LogP contribution < -0.4 is 0 Å². The Bertz CT molecular complexity index is 968. The molecule has 1 aromatic carbocycles. The number of rotatable bonds is 3. The molecule has 0 aliphatic rings. The summed E-state index contributed by atoms with van der Waals surface area (Å²) < 4.78 is 1.89. The Balaban J connectivity index is 1.97. The van der Waals surface area contributed by atoms with Gasteiger partial charge in [0.2, 0.25) is 0 Å². The Labute approximate surface area is 153 Å². The van der Waals surface area contributed by atoms with Crippen molar-refractivity contribution in [1.29, 1.82) is 0 Å². The summed E-state index contributed by atoms with van der Waals surface area (Å²) in [5.41, 5.74) is 2.13. The highest BCUT2D eigenvalue weighted by atomic mass is 35.5. The van der Waals surface area contributed by atoms with Crippen molar-refractivity contribution in [1.82, 2.24) is 24.7 Å². The van der Waals surface area contributed by atoms with E-state index in [1.165, 1.54) is 0 Å². The topological polar surface area (TPSA) is 56.5 Å². The van der Waals surface area contributed by atoms with Crippen LogP contribution in [0.2, 0.25) is 10.3 Å². The molecule has 5 nitrogen and oxygen atoms in total. The first-order chi connectivity index (χ1) is 12.2. The first-order valence-electron chi connectivity index (χ1n) is 7.49. The summed E-state index contributed by atoms with van der Waals surface area (Å²) in [4.78, 5) is 8.70. The van der Waals surface area contributed by atoms with Gasteiger partial charge >= 0.3 is 0 Å². The standard InChI is InChI=1S/C18H11Cl2N5/c19-15-10-4-8-13(21-15)17-23-24-18(14-9-5-11-16(20)22-14)25(17)12-6-2-1-3-7-12/h1-11H. The van der Waals surface area contributed by atoms with E-state index in [-0.39, 0.29) is 0 Å². The zero-order valence-electron chi connectivity index (χ0n) is 12.8. The summed E-state index contributed by atoms with van der Waals surface area (Å²) in [7, 11) is 0. The van der Waals surface area contributed by atoms with Gasteiger partial charge in [-0.25, -0.2) is 9.97 Å². The van der Waals surface area contributed by atoms with E-state index in [0.717, 1.165) is 5.69 Å². The molecule has 4 rings (SSSR count). The Morgan fingerprint density at radius 1 is 0.600 bits per heavy atom. The number of halogens is 2. The SMILES string of the molecule is Clc1cccc(-c2nnc(-c3cccc(Cl)n3)n2-c2ccccc2)n1. The molecule has 0 saturated heterocycles. The molecule has 0 aliphatic heterocycles. The summed E-state index contributed by atoms with van der Waals surface area (Å²) >= 11 is 12.1. The molecule has 0 amide bonds. The van der Waals surface area contributed by atoms with Gasteiger partial charge in [-0.2, -0.15) is 0 Å². The Morgan fingerprint density at radius 2 is 1.12 bits per heavy atom. The molecule has 0 N–H and O–H groups in total. The molecule has 0 saturated carbocycles. The Kier molecular flexibility index (Phi) is 4.17. The first-order valence-corrected chi connectivity index (χ1v) is 8.25. The van der Waals surface area contributed by atoms with E-state index in [2.05, 4.69) is 20.2 Å². The Hall–Kier alpha value is -2.76. The predicted molar refractivity (Wildman–Crippen MR) is 97.8 cm³/mol.